The monoisotopic (exact) mass is 298 g/mol. The molecule has 1 amide bonds. The van der Waals surface area contributed by atoms with Gasteiger partial charge in [0.15, 0.2) is 0 Å². The Labute approximate surface area is 121 Å². The van der Waals surface area contributed by atoms with Crippen LogP contribution in [0.3, 0.4) is 0 Å². The predicted octanol–water partition coefficient (Wildman–Crippen LogP) is 2.16. The number of rotatable bonds is 6. The highest BCUT2D eigenvalue weighted by Gasteiger charge is 2.20. The zero-order valence-corrected chi connectivity index (χ0v) is 12.5. The van der Waals surface area contributed by atoms with Crippen LogP contribution in [0.15, 0.2) is 23.1 Å². The number of aliphatic hydroxyl groups is 1. The summed E-state index contributed by atoms with van der Waals surface area (Å²) in [5.74, 6) is -0.270. The SMILES string of the molecule is CC(CCO)Sc1ccc(C(=O)N(C)C)cc1[N+](=O)[O-]. The predicted molar refractivity (Wildman–Crippen MR) is 78.1 cm³/mol. The number of hydrogen-bond acceptors (Lipinski definition) is 5. The van der Waals surface area contributed by atoms with Gasteiger partial charge in [0, 0.05) is 37.6 Å². The van der Waals surface area contributed by atoms with Gasteiger partial charge in [-0.05, 0) is 18.6 Å². The Balaban J connectivity index is 3.08. The van der Waals surface area contributed by atoms with Crippen molar-refractivity contribution in [3.63, 3.8) is 0 Å². The maximum atomic E-state index is 11.8. The summed E-state index contributed by atoms with van der Waals surface area (Å²) in [6.45, 7) is 1.93. The smallest absolute Gasteiger partial charge is 0.283 e. The normalized spacial score (nSPS) is 12.0. The summed E-state index contributed by atoms with van der Waals surface area (Å²) in [5, 5.41) is 20.1. The number of hydrogen-bond donors (Lipinski definition) is 1. The fraction of sp³-hybridized carbons (Fsp3) is 0.462. The Morgan fingerprint density at radius 2 is 2.15 bits per heavy atom. The third kappa shape index (κ3) is 4.21. The second-order valence-electron chi connectivity index (χ2n) is 4.58. The highest BCUT2D eigenvalue weighted by atomic mass is 32.2. The molecular weight excluding hydrogens is 280 g/mol. The Kier molecular flexibility index (Phi) is 5.97. The molecule has 1 N–H and O–H groups in total. The second kappa shape index (κ2) is 7.25. The lowest BCUT2D eigenvalue weighted by Gasteiger charge is -2.12. The molecule has 0 fully saturated rings. The van der Waals surface area contributed by atoms with Gasteiger partial charge in [-0.3, -0.25) is 14.9 Å². The van der Waals surface area contributed by atoms with E-state index in [1.54, 1.807) is 26.2 Å². The van der Waals surface area contributed by atoms with Crippen molar-refractivity contribution >= 4 is 23.4 Å². The van der Waals surface area contributed by atoms with E-state index < -0.39 is 4.92 Å². The fourth-order valence-electron chi connectivity index (χ4n) is 1.61. The molecule has 20 heavy (non-hydrogen) atoms. The van der Waals surface area contributed by atoms with Crippen LogP contribution in [-0.2, 0) is 0 Å². The molecule has 0 saturated heterocycles. The third-order valence-corrected chi connectivity index (χ3v) is 3.91. The number of carbonyl (C=O) groups excluding carboxylic acids is 1. The summed E-state index contributed by atoms with van der Waals surface area (Å²) in [4.78, 5) is 24.3. The van der Waals surface area contributed by atoms with Crippen LogP contribution in [0.5, 0.6) is 0 Å². The lowest BCUT2D eigenvalue weighted by Crippen LogP contribution is -2.21. The zero-order chi connectivity index (χ0) is 15.3. The minimum absolute atomic E-state index is 0.0408. The van der Waals surface area contributed by atoms with Gasteiger partial charge in [0.05, 0.1) is 9.82 Å². The minimum Gasteiger partial charge on any atom is -0.396 e. The largest absolute Gasteiger partial charge is 0.396 e. The van der Waals surface area contributed by atoms with Crippen molar-refractivity contribution in [3.8, 4) is 0 Å². The average Bonchev–Trinajstić information content (AvgIpc) is 2.38. The van der Waals surface area contributed by atoms with Crippen LogP contribution in [0, 0.1) is 10.1 Å². The first-order valence-electron chi connectivity index (χ1n) is 6.14. The lowest BCUT2D eigenvalue weighted by atomic mass is 10.2. The zero-order valence-electron chi connectivity index (χ0n) is 11.7. The summed E-state index contributed by atoms with van der Waals surface area (Å²) in [6.07, 6.45) is 0.556. The molecule has 0 aromatic heterocycles. The van der Waals surface area contributed by atoms with E-state index in [0.29, 0.717) is 16.9 Å². The maximum Gasteiger partial charge on any atom is 0.283 e. The van der Waals surface area contributed by atoms with E-state index in [1.807, 2.05) is 6.92 Å². The second-order valence-corrected chi connectivity index (χ2v) is 6.06. The summed E-state index contributed by atoms with van der Waals surface area (Å²) < 4.78 is 0. The van der Waals surface area contributed by atoms with Gasteiger partial charge in [-0.25, -0.2) is 0 Å². The third-order valence-electron chi connectivity index (χ3n) is 2.67. The molecular formula is C13H18N2O4S. The molecule has 1 aromatic carbocycles. The van der Waals surface area contributed by atoms with Crippen molar-refractivity contribution in [3.05, 3.63) is 33.9 Å². The molecule has 1 atom stereocenters. The van der Waals surface area contributed by atoms with E-state index in [9.17, 15) is 14.9 Å². The molecule has 0 spiro atoms. The van der Waals surface area contributed by atoms with Crippen molar-refractivity contribution in [1.29, 1.82) is 0 Å². The Morgan fingerprint density at radius 1 is 1.50 bits per heavy atom. The van der Waals surface area contributed by atoms with Gasteiger partial charge in [-0.1, -0.05) is 6.92 Å². The minimum atomic E-state index is -0.486. The van der Waals surface area contributed by atoms with Crippen molar-refractivity contribution in [2.45, 2.75) is 23.5 Å². The summed E-state index contributed by atoms with van der Waals surface area (Å²) in [5.41, 5.74) is 0.216. The first-order chi connectivity index (χ1) is 9.36. The van der Waals surface area contributed by atoms with Gasteiger partial charge in [-0.15, -0.1) is 11.8 Å². The molecule has 110 valence electrons. The first-order valence-corrected chi connectivity index (χ1v) is 7.02. The van der Waals surface area contributed by atoms with E-state index in [-0.39, 0.29) is 23.5 Å². The van der Waals surface area contributed by atoms with E-state index in [0.717, 1.165) is 0 Å². The molecule has 0 aliphatic rings. The number of thioether (sulfide) groups is 1. The standard InChI is InChI=1S/C13H18N2O4S/c1-9(6-7-16)20-12-5-4-10(13(17)14(2)3)8-11(12)15(18)19/h4-5,8-9,16H,6-7H2,1-3H3. The van der Waals surface area contributed by atoms with Crippen molar-refractivity contribution in [1.82, 2.24) is 4.90 Å². The van der Waals surface area contributed by atoms with Crippen LogP contribution in [0.2, 0.25) is 0 Å². The van der Waals surface area contributed by atoms with Gasteiger partial charge in [0.1, 0.15) is 0 Å². The van der Waals surface area contributed by atoms with Crippen molar-refractivity contribution in [2.75, 3.05) is 20.7 Å². The summed E-state index contributed by atoms with van der Waals surface area (Å²) in [6, 6.07) is 4.48. The molecule has 0 heterocycles. The number of nitro benzene ring substituents is 1. The van der Waals surface area contributed by atoms with Gasteiger partial charge >= 0.3 is 0 Å². The van der Waals surface area contributed by atoms with Gasteiger partial charge in [0.2, 0.25) is 0 Å². The fourth-order valence-corrected chi connectivity index (χ4v) is 2.67. The van der Waals surface area contributed by atoms with Gasteiger partial charge < -0.3 is 10.0 Å². The molecule has 0 aliphatic carbocycles. The molecule has 0 saturated carbocycles. The first kappa shape index (κ1) is 16.5. The molecule has 7 heteroatoms. The Hall–Kier alpha value is -1.60. The summed E-state index contributed by atoms with van der Waals surface area (Å²) >= 11 is 1.33. The molecule has 0 aliphatic heterocycles. The average molecular weight is 298 g/mol. The number of aliphatic hydroxyl groups excluding tert-OH is 1. The molecule has 1 aromatic rings. The van der Waals surface area contributed by atoms with Crippen LogP contribution in [0.25, 0.3) is 0 Å². The quantitative estimate of drug-likeness (QED) is 0.494. The molecule has 0 radical (unpaired) electrons. The number of amides is 1. The highest BCUT2D eigenvalue weighted by molar-refractivity contribution is 8.00. The number of nitro groups is 1. The molecule has 1 unspecified atom stereocenters. The van der Waals surface area contributed by atoms with E-state index in [2.05, 4.69) is 0 Å². The van der Waals surface area contributed by atoms with E-state index >= 15 is 0 Å². The van der Waals surface area contributed by atoms with Crippen molar-refractivity contribution in [2.24, 2.45) is 0 Å². The van der Waals surface area contributed by atoms with Crippen LogP contribution >= 0.6 is 11.8 Å². The van der Waals surface area contributed by atoms with Crippen molar-refractivity contribution < 1.29 is 14.8 Å². The van der Waals surface area contributed by atoms with Gasteiger partial charge in [-0.2, -0.15) is 0 Å². The highest BCUT2D eigenvalue weighted by Crippen LogP contribution is 2.34. The van der Waals surface area contributed by atoms with E-state index in [4.69, 9.17) is 5.11 Å². The Morgan fingerprint density at radius 3 is 2.65 bits per heavy atom. The van der Waals surface area contributed by atoms with Gasteiger partial charge in [0.25, 0.3) is 11.6 Å². The molecule has 1 rings (SSSR count). The molecule has 6 nitrogen and oxygen atoms in total. The Bertz CT molecular complexity index is 505. The molecule has 0 bridgehead atoms. The van der Waals surface area contributed by atoms with E-state index in [1.165, 1.54) is 22.7 Å². The topological polar surface area (TPSA) is 83.7 Å². The number of nitrogens with zero attached hydrogens (tertiary/aromatic N) is 2. The van der Waals surface area contributed by atoms with Crippen LogP contribution in [0.1, 0.15) is 23.7 Å². The van der Waals surface area contributed by atoms with Crippen LogP contribution in [0.4, 0.5) is 5.69 Å². The number of carbonyl (C=O) groups is 1. The summed E-state index contributed by atoms with van der Waals surface area (Å²) in [7, 11) is 3.19. The van der Waals surface area contributed by atoms with Crippen LogP contribution < -0.4 is 0 Å². The lowest BCUT2D eigenvalue weighted by molar-refractivity contribution is -0.387. The van der Waals surface area contributed by atoms with Crippen LogP contribution in [-0.4, -0.2) is 46.8 Å². The maximum absolute atomic E-state index is 11.8. The number of benzene rings is 1.